The molecular weight excluding hydrogens is 175 g/mol. The van der Waals surface area contributed by atoms with Crippen molar-refractivity contribution < 1.29 is 10.2 Å². The summed E-state index contributed by atoms with van der Waals surface area (Å²) in [6.07, 6.45) is 0. The molecule has 2 N–H and O–H groups in total. The van der Waals surface area contributed by atoms with Crippen LogP contribution in [0.1, 0.15) is 0 Å². The molecule has 0 unspecified atom stereocenters. The highest BCUT2D eigenvalue weighted by molar-refractivity contribution is 6.37. The van der Waals surface area contributed by atoms with E-state index in [1.807, 2.05) is 0 Å². The van der Waals surface area contributed by atoms with E-state index in [2.05, 4.69) is 6.07 Å². The van der Waals surface area contributed by atoms with E-state index in [0.29, 0.717) is 0 Å². The van der Waals surface area contributed by atoms with Crippen LogP contribution in [0.4, 0.5) is 0 Å². The first kappa shape index (κ1) is 7.51. The summed E-state index contributed by atoms with van der Waals surface area (Å²) in [6.45, 7) is 0. The highest BCUT2D eigenvalue weighted by Gasteiger charge is 2.07. The normalized spacial score (nSPS) is 9.80. The van der Waals surface area contributed by atoms with Gasteiger partial charge in [-0.3, -0.25) is 0 Å². The van der Waals surface area contributed by atoms with Gasteiger partial charge in [0, 0.05) is 6.07 Å². The fourth-order valence-electron chi connectivity index (χ4n) is 0.480. The fraction of sp³-hybridized carbons (Fsp3) is 0. The topological polar surface area (TPSA) is 40.5 Å². The van der Waals surface area contributed by atoms with Gasteiger partial charge in [-0.1, -0.05) is 23.2 Å². The molecule has 0 heterocycles. The van der Waals surface area contributed by atoms with Crippen LogP contribution in [0.5, 0.6) is 11.5 Å². The average molecular weight is 178 g/mol. The first-order valence-electron chi connectivity index (χ1n) is 2.40. The molecule has 10 heavy (non-hydrogen) atoms. The fourth-order valence-corrected chi connectivity index (χ4v) is 0.834. The van der Waals surface area contributed by atoms with E-state index in [1.165, 1.54) is 6.07 Å². The van der Waals surface area contributed by atoms with Gasteiger partial charge in [0.15, 0.2) is 5.75 Å². The van der Waals surface area contributed by atoms with Crippen LogP contribution >= 0.6 is 23.2 Å². The van der Waals surface area contributed by atoms with Crippen LogP contribution in [0, 0.1) is 6.07 Å². The molecule has 0 bridgehead atoms. The summed E-state index contributed by atoms with van der Waals surface area (Å²) in [4.78, 5) is 0. The molecule has 0 fully saturated rings. The molecular formula is C6H3Cl2O2. The molecule has 4 heteroatoms. The highest BCUT2D eigenvalue weighted by Crippen LogP contribution is 2.37. The number of phenols is 2. The Labute approximate surface area is 67.6 Å². The second-order valence-corrected chi connectivity index (χ2v) is 2.43. The quantitative estimate of drug-likeness (QED) is 0.639. The van der Waals surface area contributed by atoms with Crippen molar-refractivity contribution in [3.05, 3.63) is 22.2 Å². The van der Waals surface area contributed by atoms with Gasteiger partial charge < -0.3 is 10.2 Å². The molecule has 0 atom stereocenters. The number of phenolic OH excluding ortho intramolecular Hbond substituents is 2. The van der Waals surface area contributed by atoms with Crippen LogP contribution in [0.15, 0.2) is 6.07 Å². The first-order chi connectivity index (χ1) is 4.63. The van der Waals surface area contributed by atoms with Crippen molar-refractivity contribution in [3.63, 3.8) is 0 Å². The van der Waals surface area contributed by atoms with Gasteiger partial charge in [-0.2, -0.15) is 0 Å². The van der Waals surface area contributed by atoms with Crippen molar-refractivity contribution in [1.82, 2.24) is 0 Å². The standard InChI is InChI=1S/C6H3Cl2O2/c7-3-1-2-4(9)5(8)6(3)10/h1,9-10H. The van der Waals surface area contributed by atoms with Crippen LogP contribution in [-0.2, 0) is 0 Å². The van der Waals surface area contributed by atoms with E-state index in [-0.39, 0.29) is 21.5 Å². The van der Waals surface area contributed by atoms with Gasteiger partial charge in [-0.05, 0) is 6.07 Å². The van der Waals surface area contributed by atoms with Crippen LogP contribution in [-0.4, -0.2) is 10.2 Å². The molecule has 0 amide bonds. The Morgan fingerprint density at radius 1 is 1.30 bits per heavy atom. The Balaban J connectivity index is 3.34. The van der Waals surface area contributed by atoms with Gasteiger partial charge >= 0.3 is 0 Å². The second kappa shape index (κ2) is 2.56. The predicted octanol–water partition coefficient (Wildman–Crippen LogP) is 2.20. The third-order valence-corrected chi connectivity index (χ3v) is 1.62. The van der Waals surface area contributed by atoms with Crippen LogP contribution < -0.4 is 0 Å². The minimum absolute atomic E-state index is 0.0720. The number of aromatic hydroxyl groups is 2. The smallest absolute Gasteiger partial charge is 0.156 e. The Hall–Kier alpha value is -0.600. The van der Waals surface area contributed by atoms with Gasteiger partial charge in [-0.15, -0.1) is 0 Å². The van der Waals surface area contributed by atoms with Gasteiger partial charge in [0.05, 0.1) is 5.02 Å². The average Bonchev–Trinajstić information content (AvgIpc) is 1.93. The summed E-state index contributed by atoms with van der Waals surface area (Å²) in [5.41, 5.74) is 0. The van der Waals surface area contributed by atoms with Gasteiger partial charge in [0.1, 0.15) is 10.8 Å². The largest absolute Gasteiger partial charge is 0.506 e. The van der Waals surface area contributed by atoms with Crippen molar-refractivity contribution in [2.24, 2.45) is 0 Å². The van der Waals surface area contributed by atoms with Crippen LogP contribution in [0.2, 0.25) is 10.0 Å². The van der Waals surface area contributed by atoms with E-state index in [0.717, 1.165) is 0 Å². The molecule has 0 aliphatic heterocycles. The number of halogens is 2. The summed E-state index contributed by atoms with van der Waals surface area (Å²) in [5.74, 6) is -0.622. The van der Waals surface area contributed by atoms with Crippen LogP contribution in [0.3, 0.4) is 0 Å². The van der Waals surface area contributed by atoms with E-state index in [1.54, 1.807) is 0 Å². The Morgan fingerprint density at radius 2 is 1.90 bits per heavy atom. The van der Waals surface area contributed by atoms with E-state index in [9.17, 15) is 0 Å². The minimum atomic E-state index is -0.320. The summed E-state index contributed by atoms with van der Waals surface area (Å²) >= 11 is 10.8. The van der Waals surface area contributed by atoms with Gasteiger partial charge in [-0.25, -0.2) is 0 Å². The Kier molecular flexibility index (Phi) is 1.92. The molecule has 0 saturated heterocycles. The van der Waals surface area contributed by atoms with Crippen molar-refractivity contribution >= 4 is 23.2 Å². The lowest BCUT2D eigenvalue weighted by atomic mass is 10.3. The molecule has 1 aromatic carbocycles. The van der Waals surface area contributed by atoms with Crippen molar-refractivity contribution in [2.75, 3.05) is 0 Å². The zero-order valence-electron chi connectivity index (χ0n) is 4.73. The van der Waals surface area contributed by atoms with Crippen molar-refractivity contribution in [3.8, 4) is 11.5 Å². The lowest BCUT2D eigenvalue weighted by Crippen LogP contribution is -1.72. The van der Waals surface area contributed by atoms with E-state index < -0.39 is 0 Å². The SMILES string of the molecule is Oc1[c]cc(Cl)c(O)c1Cl. The van der Waals surface area contributed by atoms with E-state index >= 15 is 0 Å². The summed E-state index contributed by atoms with van der Waals surface area (Å²) in [7, 11) is 0. The lowest BCUT2D eigenvalue weighted by Gasteiger charge is -1.99. The summed E-state index contributed by atoms with van der Waals surface area (Å²) in [5, 5.41) is 17.7. The second-order valence-electron chi connectivity index (χ2n) is 1.65. The minimum Gasteiger partial charge on any atom is -0.506 e. The molecule has 0 aromatic heterocycles. The van der Waals surface area contributed by atoms with Crippen molar-refractivity contribution in [2.45, 2.75) is 0 Å². The lowest BCUT2D eigenvalue weighted by molar-refractivity contribution is 0.450. The van der Waals surface area contributed by atoms with Gasteiger partial charge in [0.2, 0.25) is 0 Å². The third kappa shape index (κ3) is 1.13. The number of hydrogen-bond donors (Lipinski definition) is 2. The molecule has 0 aliphatic carbocycles. The molecule has 0 saturated carbocycles. The Bertz CT molecular complexity index is 233. The highest BCUT2D eigenvalue weighted by atomic mass is 35.5. The molecule has 1 radical (unpaired) electrons. The molecule has 0 aliphatic rings. The monoisotopic (exact) mass is 177 g/mol. The zero-order valence-corrected chi connectivity index (χ0v) is 6.24. The molecule has 1 aromatic rings. The molecule has 53 valence electrons. The van der Waals surface area contributed by atoms with E-state index in [4.69, 9.17) is 33.4 Å². The number of benzene rings is 1. The van der Waals surface area contributed by atoms with Gasteiger partial charge in [0.25, 0.3) is 0 Å². The summed E-state index contributed by atoms with van der Waals surface area (Å²) < 4.78 is 0. The first-order valence-corrected chi connectivity index (χ1v) is 3.16. The van der Waals surface area contributed by atoms with Crippen LogP contribution in [0.25, 0.3) is 0 Å². The molecule has 1 rings (SSSR count). The third-order valence-electron chi connectivity index (χ3n) is 0.978. The molecule has 0 spiro atoms. The maximum atomic E-state index is 8.94. The molecule has 2 nitrogen and oxygen atoms in total. The summed E-state index contributed by atoms with van der Waals surface area (Å²) in [6, 6.07) is 3.57. The maximum Gasteiger partial charge on any atom is 0.156 e. The zero-order chi connectivity index (χ0) is 7.72. The number of rotatable bonds is 0. The number of hydrogen-bond acceptors (Lipinski definition) is 2. The maximum absolute atomic E-state index is 8.94. The van der Waals surface area contributed by atoms with Crippen molar-refractivity contribution in [1.29, 1.82) is 0 Å². The Morgan fingerprint density at radius 3 is 2.40 bits per heavy atom. The predicted molar refractivity (Wildman–Crippen MR) is 38.6 cm³/mol.